The van der Waals surface area contributed by atoms with E-state index in [4.69, 9.17) is 18.9 Å². The predicted octanol–water partition coefficient (Wildman–Crippen LogP) is 2.51. The lowest BCUT2D eigenvalue weighted by Crippen LogP contribution is -2.36. The summed E-state index contributed by atoms with van der Waals surface area (Å²) in [6.45, 7) is 6.99. The molecule has 0 spiro atoms. The molecule has 0 radical (unpaired) electrons. The van der Waals surface area contributed by atoms with Gasteiger partial charge in [0.05, 0.1) is 43.4 Å². The summed E-state index contributed by atoms with van der Waals surface area (Å²) < 4.78 is 22.1. The number of nitrogens with one attached hydrogen (secondary N) is 1. The molecular weight excluding hydrogens is 402 g/mol. The number of hydrogen-bond acceptors (Lipinski definition) is 8. The van der Waals surface area contributed by atoms with Crippen molar-refractivity contribution >= 4 is 23.3 Å². The highest BCUT2D eigenvalue weighted by Crippen LogP contribution is 2.39. The molecule has 31 heavy (non-hydrogen) atoms. The largest absolute Gasteiger partial charge is 0.492 e. The van der Waals surface area contributed by atoms with Gasteiger partial charge in [0, 0.05) is 37.6 Å². The number of carbonyl (C=O) groups excluding carboxylic acids is 2. The molecule has 0 saturated carbocycles. The van der Waals surface area contributed by atoms with Crippen LogP contribution in [0.4, 0.5) is 11.4 Å². The van der Waals surface area contributed by atoms with E-state index in [9.17, 15) is 9.59 Å². The SMILES string of the molecule is CCOc1cc(N2CCOCC2)c(OCC)cc1NC(=O)COC(=O)c1ccncc1. The Morgan fingerprint density at radius 3 is 2.42 bits per heavy atom. The van der Waals surface area contributed by atoms with Gasteiger partial charge in [0.2, 0.25) is 0 Å². The van der Waals surface area contributed by atoms with Crippen LogP contribution in [0, 0.1) is 0 Å². The summed E-state index contributed by atoms with van der Waals surface area (Å²) >= 11 is 0. The first-order valence-corrected chi connectivity index (χ1v) is 10.3. The van der Waals surface area contributed by atoms with Crippen molar-refractivity contribution < 1.29 is 28.5 Å². The third-order valence-electron chi connectivity index (χ3n) is 4.54. The fourth-order valence-electron chi connectivity index (χ4n) is 3.13. The molecular formula is C22H27N3O6. The van der Waals surface area contributed by atoms with Gasteiger partial charge in [-0.3, -0.25) is 9.78 Å². The van der Waals surface area contributed by atoms with E-state index in [1.54, 1.807) is 6.07 Å². The lowest BCUT2D eigenvalue weighted by molar-refractivity contribution is -0.119. The topological polar surface area (TPSA) is 99.2 Å². The van der Waals surface area contributed by atoms with E-state index in [0.717, 1.165) is 18.8 Å². The van der Waals surface area contributed by atoms with E-state index >= 15 is 0 Å². The highest BCUT2D eigenvalue weighted by atomic mass is 16.5. The standard InChI is InChI=1S/C22H27N3O6/c1-3-29-19-14-18(25-9-11-28-12-10-25)20(30-4-2)13-17(19)24-21(26)15-31-22(27)16-5-7-23-8-6-16/h5-8,13-14H,3-4,9-12,15H2,1-2H3,(H,24,26). The summed E-state index contributed by atoms with van der Waals surface area (Å²) in [7, 11) is 0. The molecule has 1 fully saturated rings. The Kier molecular flexibility index (Phi) is 8.05. The first-order valence-electron chi connectivity index (χ1n) is 10.3. The maximum absolute atomic E-state index is 12.4. The first kappa shape index (κ1) is 22.4. The Labute approximate surface area is 181 Å². The van der Waals surface area contributed by atoms with Crippen LogP contribution in [0.15, 0.2) is 36.7 Å². The summed E-state index contributed by atoms with van der Waals surface area (Å²) in [5.74, 6) is 0.0726. The maximum Gasteiger partial charge on any atom is 0.338 e. The van der Waals surface area contributed by atoms with Gasteiger partial charge in [-0.05, 0) is 26.0 Å². The van der Waals surface area contributed by atoms with Crippen molar-refractivity contribution in [2.45, 2.75) is 13.8 Å². The number of hydrogen-bond donors (Lipinski definition) is 1. The van der Waals surface area contributed by atoms with Gasteiger partial charge in [0.25, 0.3) is 5.91 Å². The normalized spacial score (nSPS) is 13.4. The van der Waals surface area contributed by atoms with Crippen LogP contribution in [0.1, 0.15) is 24.2 Å². The van der Waals surface area contributed by atoms with E-state index < -0.39 is 18.5 Å². The van der Waals surface area contributed by atoms with Crippen LogP contribution in [-0.4, -0.2) is 63.0 Å². The molecule has 2 heterocycles. The molecule has 1 aromatic heterocycles. The molecule has 1 aliphatic heterocycles. The smallest absolute Gasteiger partial charge is 0.338 e. The van der Waals surface area contributed by atoms with Gasteiger partial charge in [-0.15, -0.1) is 0 Å². The molecule has 9 nitrogen and oxygen atoms in total. The molecule has 3 rings (SSSR count). The number of morpholine rings is 1. The predicted molar refractivity (Wildman–Crippen MR) is 115 cm³/mol. The number of pyridine rings is 1. The van der Waals surface area contributed by atoms with Gasteiger partial charge in [0.1, 0.15) is 11.5 Å². The van der Waals surface area contributed by atoms with Crippen LogP contribution in [0.5, 0.6) is 11.5 Å². The summed E-state index contributed by atoms with van der Waals surface area (Å²) in [6, 6.07) is 6.64. The molecule has 1 aromatic carbocycles. The Balaban J connectivity index is 1.74. The van der Waals surface area contributed by atoms with E-state index in [0.29, 0.717) is 49.2 Å². The molecule has 166 valence electrons. The molecule has 1 N–H and O–H groups in total. The van der Waals surface area contributed by atoms with Crippen molar-refractivity contribution in [3.63, 3.8) is 0 Å². The molecule has 0 aliphatic carbocycles. The number of benzene rings is 1. The monoisotopic (exact) mass is 429 g/mol. The minimum absolute atomic E-state index is 0.325. The Morgan fingerprint density at radius 1 is 1.06 bits per heavy atom. The van der Waals surface area contributed by atoms with Crippen LogP contribution in [-0.2, 0) is 14.3 Å². The van der Waals surface area contributed by atoms with Crippen molar-refractivity contribution in [3.05, 3.63) is 42.2 Å². The highest BCUT2D eigenvalue weighted by molar-refractivity contribution is 5.97. The van der Waals surface area contributed by atoms with Crippen LogP contribution < -0.4 is 19.7 Å². The Morgan fingerprint density at radius 2 is 1.74 bits per heavy atom. The average molecular weight is 429 g/mol. The van der Waals surface area contributed by atoms with Crippen molar-refractivity contribution in [1.82, 2.24) is 4.98 Å². The fourth-order valence-corrected chi connectivity index (χ4v) is 3.13. The van der Waals surface area contributed by atoms with Crippen LogP contribution in [0.25, 0.3) is 0 Å². The second kappa shape index (κ2) is 11.2. The Bertz CT molecular complexity index is 884. The number of ether oxygens (including phenoxy) is 4. The van der Waals surface area contributed by atoms with Crippen LogP contribution in [0.2, 0.25) is 0 Å². The lowest BCUT2D eigenvalue weighted by atomic mass is 10.2. The number of carbonyl (C=O) groups is 2. The number of amides is 1. The first-order chi connectivity index (χ1) is 15.1. The molecule has 9 heteroatoms. The van der Waals surface area contributed by atoms with E-state index in [1.807, 2.05) is 19.9 Å². The number of rotatable bonds is 9. The van der Waals surface area contributed by atoms with Crippen molar-refractivity contribution in [1.29, 1.82) is 0 Å². The molecule has 2 aromatic rings. The zero-order valence-corrected chi connectivity index (χ0v) is 17.8. The second-order valence-electron chi connectivity index (χ2n) is 6.64. The van der Waals surface area contributed by atoms with Crippen LogP contribution in [0.3, 0.4) is 0 Å². The second-order valence-corrected chi connectivity index (χ2v) is 6.64. The summed E-state index contributed by atoms with van der Waals surface area (Å²) in [6.07, 6.45) is 2.96. The molecule has 1 amide bonds. The van der Waals surface area contributed by atoms with E-state index in [-0.39, 0.29) is 0 Å². The minimum atomic E-state index is -0.597. The maximum atomic E-state index is 12.4. The van der Waals surface area contributed by atoms with Gasteiger partial charge in [0.15, 0.2) is 6.61 Å². The Hall–Kier alpha value is -3.33. The molecule has 0 unspecified atom stereocenters. The van der Waals surface area contributed by atoms with Crippen molar-refractivity contribution in [3.8, 4) is 11.5 Å². The quantitative estimate of drug-likeness (QED) is 0.607. The molecule has 1 saturated heterocycles. The number of esters is 1. The van der Waals surface area contributed by atoms with Gasteiger partial charge >= 0.3 is 5.97 Å². The third-order valence-corrected chi connectivity index (χ3v) is 4.54. The fraction of sp³-hybridized carbons (Fsp3) is 0.409. The summed E-state index contributed by atoms with van der Waals surface area (Å²) in [4.78, 5) is 30.5. The highest BCUT2D eigenvalue weighted by Gasteiger charge is 2.21. The third kappa shape index (κ3) is 6.08. The van der Waals surface area contributed by atoms with E-state index in [2.05, 4.69) is 15.2 Å². The lowest BCUT2D eigenvalue weighted by Gasteiger charge is -2.31. The minimum Gasteiger partial charge on any atom is -0.492 e. The van der Waals surface area contributed by atoms with Gasteiger partial charge in [-0.1, -0.05) is 0 Å². The van der Waals surface area contributed by atoms with Crippen molar-refractivity contribution in [2.24, 2.45) is 0 Å². The zero-order chi connectivity index (χ0) is 22.1. The van der Waals surface area contributed by atoms with Crippen molar-refractivity contribution in [2.75, 3.05) is 56.3 Å². The van der Waals surface area contributed by atoms with Gasteiger partial charge in [-0.25, -0.2) is 4.79 Å². The number of nitrogens with zero attached hydrogens (tertiary/aromatic N) is 2. The van der Waals surface area contributed by atoms with Gasteiger partial charge in [-0.2, -0.15) is 0 Å². The molecule has 1 aliphatic rings. The van der Waals surface area contributed by atoms with E-state index in [1.165, 1.54) is 24.5 Å². The zero-order valence-electron chi connectivity index (χ0n) is 17.8. The molecule has 0 bridgehead atoms. The summed E-state index contributed by atoms with van der Waals surface area (Å²) in [5.41, 5.74) is 1.66. The number of aromatic nitrogens is 1. The summed E-state index contributed by atoms with van der Waals surface area (Å²) in [5, 5.41) is 2.75. The molecule has 0 atom stereocenters. The number of anilines is 2. The van der Waals surface area contributed by atoms with Gasteiger partial charge < -0.3 is 29.2 Å². The van der Waals surface area contributed by atoms with Crippen LogP contribution >= 0.6 is 0 Å². The average Bonchev–Trinajstić information content (AvgIpc) is 2.80.